The van der Waals surface area contributed by atoms with Gasteiger partial charge in [0.1, 0.15) is 0 Å². The molecular weight excluding hydrogens is 330 g/mol. The minimum absolute atomic E-state index is 0.0821. The van der Waals surface area contributed by atoms with Crippen LogP contribution in [0.2, 0.25) is 0 Å². The van der Waals surface area contributed by atoms with Crippen molar-refractivity contribution in [2.24, 2.45) is 0 Å². The van der Waals surface area contributed by atoms with Crippen molar-refractivity contribution in [3.8, 4) is 10.8 Å². The van der Waals surface area contributed by atoms with Crippen LogP contribution in [-0.4, -0.2) is 26.3 Å². The number of ketones is 1. The molecule has 0 aliphatic rings. The van der Waals surface area contributed by atoms with Gasteiger partial charge in [0.05, 0.1) is 10.6 Å². The Labute approximate surface area is 142 Å². The summed E-state index contributed by atoms with van der Waals surface area (Å²) in [6.45, 7) is 6.95. The number of hydrogen-bond acceptors (Lipinski definition) is 6. The van der Waals surface area contributed by atoms with Gasteiger partial charge in [-0.3, -0.25) is 4.79 Å². The molecule has 0 spiro atoms. The molecule has 0 aromatic carbocycles. The predicted octanol–water partition coefficient (Wildman–Crippen LogP) is 4.21. The molecule has 23 heavy (non-hydrogen) atoms. The standard InChI is InChI=1S/C16H17N3O2S2/c1-4-19-10(2)8-12(11(19)3)13(20)9-23-16-18-17-15(21-16)14-6-5-7-22-14/h5-8H,4,9H2,1-3H3. The highest BCUT2D eigenvalue weighted by Gasteiger charge is 2.17. The third-order valence-electron chi connectivity index (χ3n) is 3.66. The molecule has 0 aliphatic carbocycles. The SMILES string of the molecule is CCn1c(C)cc(C(=O)CSc2nnc(-c3cccs3)o2)c1C. The van der Waals surface area contributed by atoms with Gasteiger partial charge in [-0.15, -0.1) is 21.5 Å². The summed E-state index contributed by atoms with van der Waals surface area (Å²) in [4.78, 5) is 13.4. The lowest BCUT2D eigenvalue weighted by Crippen LogP contribution is -2.05. The van der Waals surface area contributed by atoms with Crippen LogP contribution < -0.4 is 0 Å². The average Bonchev–Trinajstić information content (AvgIpc) is 3.24. The second kappa shape index (κ2) is 6.72. The van der Waals surface area contributed by atoms with Gasteiger partial charge in [0, 0.05) is 23.5 Å². The molecule has 0 fully saturated rings. The zero-order chi connectivity index (χ0) is 16.4. The summed E-state index contributed by atoms with van der Waals surface area (Å²) in [6.07, 6.45) is 0. The summed E-state index contributed by atoms with van der Waals surface area (Å²) < 4.78 is 7.73. The minimum atomic E-state index is 0.0821. The zero-order valence-corrected chi connectivity index (χ0v) is 14.8. The Kier molecular flexibility index (Phi) is 4.68. The molecule has 0 bridgehead atoms. The van der Waals surface area contributed by atoms with Crippen LogP contribution in [0.4, 0.5) is 0 Å². The topological polar surface area (TPSA) is 60.9 Å². The van der Waals surface area contributed by atoms with E-state index in [4.69, 9.17) is 4.42 Å². The molecule has 5 nitrogen and oxygen atoms in total. The molecule has 0 saturated heterocycles. The first-order chi connectivity index (χ1) is 11.1. The molecule has 0 amide bonds. The van der Waals surface area contributed by atoms with Gasteiger partial charge in [0.25, 0.3) is 11.1 Å². The normalized spacial score (nSPS) is 11.1. The van der Waals surface area contributed by atoms with Gasteiger partial charge >= 0.3 is 0 Å². The number of thioether (sulfide) groups is 1. The first kappa shape index (κ1) is 16.0. The fourth-order valence-electron chi connectivity index (χ4n) is 2.54. The molecule has 7 heteroatoms. The number of nitrogens with zero attached hydrogens (tertiary/aromatic N) is 3. The van der Waals surface area contributed by atoms with Crippen LogP contribution in [0.5, 0.6) is 0 Å². The lowest BCUT2D eigenvalue weighted by Gasteiger charge is -2.05. The van der Waals surface area contributed by atoms with Crippen LogP contribution in [0, 0.1) is 13.8 Å². The van der Waals surface area contributed by atoms with Gasteiger partial charge in [-0.1, -0.05) is 17.8 Å². The molecule has 3 aromatic heterocycles. The Hall–Kier alpha value is -1.86. The van der Waals surface area contributed by atoms with Gasteiger partial charge in [-0.05, 0) is 38.3 Å². The first-order valence-electron chi connectivity index (χ1n) is 7.30. The largest absolute Gasteiger partial charge is 0.410 e. The van der Waals surface area contributed by atoms with Crippen LogP contribution in [0.1, 0.15) is 28.7 Å². The maximum atomic E-state index is 12.4. The van der Waals surface area contributed by atoms with Crippen LogP contribution in [-0.2, 0) is 6.54 Å². The summed E-state index contributed by atoms with van der Waals surface area (Å²) in [6, 6.07) is 5.81. The van der Waals surface area contributed by atoms with Crippen LogP contribution in [0.3, 0.4) is 0 Å². The first-order valence-corrected chi connectivity index (χ1v) is 9.16. The smallest absolute Gasteiger partial charge is 0.277 e. The molecule has 3 rings (SSSR count). The molecule has 3 aromatic rings. The van der Waals surface area contributed by atoms with E-state index in [2.05, 4.69) is 21.7 Å². The van der Waals surface area contributed by atoms with Crippen molar-refractivity contribution in [1.29, 1.82) is 0 Å². The molecule has 0 radical (unpaired) electrons. The summed E-state index contributed by atoms with van der Waals surface area (Å²) in [5.41, 5.74) is 2.89. The van der Waals surface area contributed by atoms with Crippen molar-refractivity contribution in [3.63, 3.8) is 0 Å². The van der Waals surface area contributed by atoms with Gasteiger partial charge in [-0.25, -0.2) is 0 Å². The quantitative estimate of drug-likeness (QED) is 0.494. The molecule has 0 atom stereocenters. The van der Waals surface area contributed by atoms with E-state index >= 15 is 0 Å². The van der Waals surface area contributed by atoms with E-state index < -0.39 is 0 Å². The fourth-order valence-corrected chi connectivity index (χ4v) is 3.83. The second-order valence-corrected chi connectivity index (χ2v) is 6.97. The summed E-state index contributed by atoms with van der Waals surface area (Å²) in [5.74, 6) is 0.873. The molecule has 0 unspecified atom stereocenters. The van der Waals surface area contributed by atoms with E-state index in [9.17, 15) is 4.79 Å². The number of carbonyl (C=O) groups is 1. The van der Waals surface area contributed by atoms with Crippen molar-refractivity contribution in [2.45, 2.75) is 32.5 Å². The summed E-state index contributed by atoms with van der Waals surface area (Å²) in [5, 5.41) is 10.4. The van der Waals surface area contributed by atoms with E-state index in [1.54, 1.807) is 11.3 Å². The zero-order valence-electron chi connectivity index (χ0n) is 13.2. The van der Waals surface area contributed by atoms with Crippen molar-refractivity contribution in [3.05, 3.63) is 40.5 Å². The van der Waals surface area contributed by atoms with Crippen LogP contribution in [0.15, 0.2) is 33.2 Å². The van der Waals surface area contributed by atoms with E-state index in [0.29, 0.717) is 16.9 Å². The number of aryl methyl sites for hydroxylation is 1. The molecule has 0 N–H and O–H groups in total. The van der Waals surface area contributed by atoms with E-state index in [-0.39, 0.29) is 5.78 Å². The highest BCUT2D eigenvalue weighted by molar-refractivity contribution is 7.99. The number of aromatic nitrogens is 3. The molecule has 3 heterocycles. The van der Waals surface area contributed by atoms with Gasteiger partial charge in [-0.2, -0.15) is 0 Å². The van der Waals surface area contributed by atoms with Gasteiger partial charge in [0.2, 0.25) is 0 Å². The number of hydrogen-bond donors (Lipinski definition) is 0. The third-order valence-corrected chi connectivity index (χ3v) is 5.33. The number of Topliss-reactive ketones (excluding diaryl/α,β-unsaturated/α-hetero) is 1. The van der Waals surface area contributed by atoms with Gasteiger partial charge in [0.15, 0.2) is 5.78 Å². The number of rotatable bonds is 6. The highest BCUT2D eigenvalue weighted by atomic mass is 32.2. The van der Waals surface area contributed by atoms with E-state index in [1.807, 2.05) is 37.4 Å². The lowest BCUT2D eigenvalue weighted by molar-refractivity contribution is 0.102. The minimum Gasteiger partial charge on any atom is -0.410 e. The van der Waals surface area contributed by atoms with Crippen LogP contribution in [0.25, 0.3) is 10.8 Å². The van der Waals surface area contributed by atoms with Crippen molar-refractivity contribution < 1.29 is 9.21 Å². The second-order valence-electron chi connectivity index (χ2n) is 5.09. The van der Waals surface area contributed by atoms with Gasteiger partial charge < -0.3 is 8.98 Å². The van der Waals surface area contributed by atoms with Crippen molar-refractivity contribution in [2.75, 3.05) is 5.75 Å². The lowest BCUT2D eigenvalue weighted by atomic mass is 10.2. The Morgan fingerprint density at radius 2 is 2.22 bits per heavy atom. The number of thiophene rings is 1. The molecule has 0 aliphatic heterocycles. The monoisotopic (exact) mass is 347 g/mol. The Balaban J connectivity index is 1.68. The average molecular weight is 347 g/mol. The summed E-state index contributed by atoms with van der Waals surface area (Å²) >= 11 is 2.82. The molecule has 0 saturated carbocycles. The van der Waals surface area contributed by atoms with Crippen molar-refractivity contribution in [1.82, 2.24) is 14.8 Å². The molecule has 120 valence electrons. The van der Waals surface area contributed by atoms with E-state index in [0.717, 1.165) is 28.4 Å². The van der Waals surface area contributed by atoms with E-state index in [1.165, 1.54) is 11.8 Å². The number of carbonyl (C=O) groups excluding carboxylic acids is 1. The molecular formula is C16H17N3O2S2. The highest BCUT2D eigenvalue weighted by Crippen LogP contribution is 2.27. The Morgan fingerprint density at radius 3 is 2.87 bits per heavy atom. The predicted molar refractivity (Wildman–Crippen MR) is 92.2 cm³/mol. The fraction of sp³-hybridized carbons (Fsp3) is 0.312. The Bertz CT molecular complexity index is 819. The Morgan fingerprint density at radius 1 is 1.39 bits per heavy atom. The summed E-state index contributed by atoms with van der Waals surface area (Å²) in [7, 11) is 0. The maximum Gasteiger partial charge on any atom is 0.277 e. The maximum absolute atomic E-state index is 12.4. The third kappa shape index (κ3) is 3.25. The van der Waals surface area contributed by atoms with Crippen LogP contribution >= 0.6 is 23.1 Å². The van der Waals surface area contributed by atoms with Crippen molar-refractivity contribution >= 4 is 28.9 Å².